The predicted octanol–water partition coefficient (Wildman–Crippen LogP) is 11.2. The Morgan fingerprint density at radius 2 is 1.59 bits per heavy atom. The molecule has 5 nitrogen and oxygen atoms in total. The first-order valence-electron chi connectivity index (χ1n) is 18.2. The van der Waals surface area contributed by atoms with Gasteiger partial charge in [0.1, 0.15) is 5.75 Å². The van der Waals surface area contributed by atoms with Gasteiger partial charge < -0.3 is 9.47 Å². The van der Waals surface area contributed by atoms with Gasteiger partial charge in [-0.1, -0.05) is 107 Å². The summed E-state index contributed by atoms with van der Waals surface area (Å²) in [4.78, 5) is 27.1. The van der Waals surface area contributed by atoms with Crippen LogP contribution in [0, 0.1) is 5.92 Å². The van der Waals surface area contributed by atoms with E-state index < -0.39 is 17.8 Å². The quantitative estimate of drug-likeness (QED) is 0.0811. The molecule has 0 atom stereocenters. The van der Waals surface area contributed by atoms with Crippen LogP contribution in [0.1, 0.15) is 115 Å². The number of unbranched alkanes of at least 4 members (excludes halogenated alkanes) is 4. The van der Waals surface area contributed by atoms with Crippen LogP contribution < -0.4 is 9.64 Å². The van der Waals surface area contributed by atoms with Crippen LogP contribution >= 0.6 is 0 Å². The third-order valence-corrected chi connectivity index (χ3v) is 9.03. The number of hydrogen-bond donors (Lipinski definition) is 0. The molecule has 0 bridgehead atoms. The first kappa shape index (κ1) is 39.7. The fourth-order valence-corrected chi connectivity index (χ4v) is 5.75. The van der Waals surface area contributed by atoms with Gasteiger partial charge in [0, 0.05) is 13.0 Å². The fraction of sp³-hybridized carbons (Fsp3) is 0.524. The van der Waals surface area contributed by atoms with Crippen LogP contribution in [-0.2, 0) is 20.7 Å². The fourth-order valence-electron chi connectivity index (χ4n) is 5.75. The Hall–Kier alpha value is -3.74. The van der Waals surface area contributed by atoms with Crippen molar-refractivity contribution in [2.24, 2.45) is 5.92 Å². The lowest BCUT2D eigenvalue weighted by atomic mass is 9.80. The molecule has 4 rings (SSSR count). The monoisotopic (exact) mass is 677 g/mol. The van der Waals surface area contributed by atoms with E-state index in [0.717, 1.165) is 63.0 Å². The molecule has 1 saturated carbocycles. The number of rotatable bonds is 17. The van der Waals surface area contributed by atoms with E-state index in [2.05, 4.69) is 43.3 Å². The summed E-state index contributed by atoms with van der Waals surface area (Å²) in [6.45, 7) is 8.02. The van der Waals surface area contributed by atoms with Gasteiger partial charge >= 0.3 is 11.9 Å². The highest BCUT2D eigenvalue weighted by atomic mass is 19.3. The minimum atomic E-state index is -2.47. The van der Waals surface area contributed by atoms with Crippen molar-refractivity contribution >= 4 is 17.6 Å². The van der Waals surface area contributed by atoms with E-state index in [9.17, 15) is 18.4 Å². The highest BCUT2D eigenvalue weighted by molar-refractivity contribution is 6.38. The minimum absolute atomic E-state index is 0.0185. The van der Waals surface area contributed by atoms with Crippen molar-refractivity contribution in [1.29, 1.82) is 0 Å². The summed E-state index contributed by atoms with van der Waals surface area (Å²) in [5, 5.41) is 0. The Bertz CT molecular complexity index is 1400. The number of aryl methyl sites for hydroxylation is 1. The van der Waals surface area contributed by atoms with E-state index in [1.807, 2.05) is 50.2 Å². The van der Waals surface area contributed by atoms with Crippen LogP contribution in [0.3, 0.4) is 0 Å². The molecule has 49 heavy (non-hydrogen) atoms. The van der Waals surface area contributed by atoms with Gasteiger partial charge in [-0.2, -0.15) is 0 Å². The number of carbonyl (C=O) groups is 2. The van der Waals surface area contributed by atoms with Crippen molar-refractivity contribution in [2.75, 3.05) is 25.2 Å². The Morgan fingerprint density at radius 3 is 2.16 bits per heavy atom. The van der Waals surface area contributed by atoms with E-state index in [1.165, 1.54) is 42.4 Å². The minimum Gasteiger partial charge on any atom is -0.491 e. The predicted molar refractivity (Wildman–Crippen MR) is 197 cm³/mol. The number of esters is 1. The maximum absolute atomic E-state index is 13.2. The van der Waals surface area contributed by atoms with Crippen LogP contribution in [-0.4, -0.2) is 38.1 Å². The Kier molecular flexibility index (Phi) is 16.8. The summed E-state index contributed by atoms with van der Waals surface area (Å²) >= 11 is 0. The van der Waals surface area contributed by atoms with Crippen molar-refractivity contribution in [3.8, 4) is 16.9 Å². The second kappa shape index (κ2) is 20.7. The number of hydrogen-bond acceptors (Lipinski definition) is 4. The number of carbonyl (C=O) groups excluding carboxylic acids is 2. The van der Waals surface area contributed by atoms with Crippen LogP contribution in [0.2, 0.25) is 0 Å². The molecular formula is C42H57F2NO4. The lowest BCUT2D eigenvalue weighted by Gasteiger charge is -2.26. The molecule has 3 aromatic rings. The molecule has 0 heterocycles. The highest BCUT2D eigenvalue weighted by Crippen LogP contribution is 2.38. The van der Waals surface area contributed by atoms with E-state index in [1.54, 1.807) is 0 Å². The normalized spacial score (nSPS) is 12.9. The zero-order valence-corrected chi connectivity index (χ0v) is 30.3. The van der Waals surface area contributed by atoms with Gasteiger partial charge in [0.2, 0.25) is 5.92 Å². The second-order valence-electron chi connectivity index (χ2n) is 13.7. The van der Waals surface area contributed by atoms with Crippen LogP contribution in [0.25, 0.3) is 11.1 Å². The summed E-state index contributed by atoms with van der Waals surface area (Å²) < 4.78 is 35.3. The molecule has 0 saturated heterocycles. The molecule has 0 aromatic heterocycles. The molecule has 0 spiro atoms. The summed E-state index contributed by atoms with van der Waals surface area (Å²) in [7, 11) is 1.25. The van der Waals surface area contributed by atoms with Crippen molar-refractivity contribution in [1.82, 2.24) is 0 Å². The summed E-state index contributed by atoms with van der Waals surface area (Å²) in [6.07, 6.45) is 11.4. The summed E-state index contributed by atoms with van der Waals surface area (Å²) in [5.41, 5.74) is 5.42. The van der Waals surface area contributed by atoms with Crippen molar-refractivity contribution in [3.05, 3.63) is 83.9 Å². The maximum Gasteiger partial charge on any atom is 0.397 e. The van der Waals surface area contributed by atoms with E-state index >= 15 is 0 Å². The van der Waals surface area contributed by atoms with Gasteiger partial charge in [-0.15, -0.1) is 0 Å². The smallest absolute Gasteiger partial charge is 0.397 e. The average Bonchev–Trinajstić information content (AvgIpc) is 3.07. The molecule has 1 amide bonds. The molecule has 0 unspecified atom stereocenters. The van der Waals surface area contributed by atoms with Gasteiger partial charge in [0.05, 0.1) is 19.4 Å². The largest absolute Gasteiger partial charge is 0.491 e. The molecule has 0 N–H and O–H groups in total. The van der Waals surface area contributed by atoms with Crippen molar-refractivity contribution < 1.29 is 27.8 Å². The Labute approximate surface area is 293 Å². The van der Waals surface area contributed by atoms with Crippen LogP contribution in [0.4, 0.5) is 14.5 Å². The van der Waals surface area contributed by atoms with Crippen molar-refractivity contribution in [2.45, 2.75) is 117 Å². The molecule has 0 radical (unpaired) electrons. The molecule has 0 aliphatic heterocycles. The average molecular weight is 678 g/mol. The Morgan fingerprint density at radius 1 is 0.898 bits per heavy atom. The molecule has 1 aliphatic rings. The number of benzene rings is 3. The molecule has 3 aromatic carbocycles. The van der Waals surface area contributed by atoms with Crippen LogP contribution in [0.15, 0.2) is 72.8 Å². The number of anilines is 1. The molecular weight excluding hydrogens is 620 g/mol. The van der Waals surface area contributed by atoms with E-state index in [0.29, 0.717) is 42.8 Å². The molecule has 1 aliphatic carbocycles. The standard InChI is InChI=1S/C35H43NO4.C7H14F2/c1-3-4-5-11-25-40-33-26-31(30-20-18-29(19-21-30)28-16-12-17-28)22-23-32(33)36(34(37)35(38)39-2)24-10-9-15-27-13-7-6-8-14-27;1-6(2)4-5-7(3,8)9/h6-8,13-14,18-23,26,28H,3-5,9-12,15-17,24-25H2,1-2H3;6H,4-5H2,1-3H3. The van der Waals surface area contributed by atoms with Crippen LogP contribution in [0.5, 0.6) is 5.75 Å². The van der Waals surface area contributed by atoms with Gasteiger partial charge in [0.15, 0.2) is 0 Å². The topological polar surface area (TPSA) is 55.8 Å². The summed E-state index contributed by atoms with van der Waals surface area (Å²) in [6, 6.07) is 25.1. The molecule has 1 fully saturated rings. The van der Waals surface area contributed by atoms with Crippen molar-refractivity contribution in [3.63, 3.8) is 0 Å². The molecule has 268 valence electrons. The first-order valence-corrected chi connectivity index (χ1v) is 18.2. The second-order valence-corrected chi connectivity index (χ2v) is 13.7. The number of ether oxygens (including phenoxy) is 2. The van der Waals surface area contributed by atoms with Gasteiger partial charge in [0.25, 0.3) is 0 Å². The van der Waals surface area contributed by atoms with Gasteiger partial charge in [-0.05, 0) is 98.1 Å². The third kappa shape index (κ3) is 14.0. The first-order chi connectivity index (χ1) is 23.5. The molecule has 7 heteroatoms. The maximum atomic E-state index is 13.2. The number of halogens is 2. The number of alkyl halides is 2. The SMILES string of the molecule is CC(C)CCC(C)(F)F.CCCCCCOc1cc(-c2ccc(C3CCC3)cc2)ccc1N(CCCCc1ccccc1)C(=O)C(=O)OC. The van der Waals surface area contributed by atoms with E-state index in [-0.39, 0.29) is 6.42 Å². The lowest BCUT2D eigenvalue weighted by molar-refractivity contribution is -0.151. The zero-order chi connectivity index (χ0) is 35.6. The van der Waals surface area contributed by atoms with E-state index in [4.69, 9.17) is 9.47 Å². The lowest BCUT2D eigenvalue weighted by Crippen LogP contribution is -2.38. The number of nitrogens with zero attached hydrogens (tertiary/aromatic N) is 1. The third-order valence-electron chi connectivity index (χ3n) is 9.03. The number of methoxy groups -OCH3 is 1. The highest BCUT2D eigenvalue weighted by Gasteiger charge is 2.27. The zero-order valence-electron chi connectivity index (χ0n) is 30.3. The number of amides is 1. The Balaban J connectivity index is 0.000000635. The van der Waals surface area contributed by atoms with Gasteiger partial charge in [-0.25, -0.2) is 13.6 Å². The summed E-state index contributed by atoms with van der Waals surface area (Å²) in [5.74, 6) is -2.31. The van der Waals surface area contributed by atoms with Gasteiger partial charge in [-0.3, -0.25) is 9.69 Å².